The summed E-state index contributed by atoms with van der Waals surface area (Å²) in [6.45, 7) is 0. The van der Waals surface area contributed by atoms with E-state index < -0.39 is 11.6 Å². The monoisotopic (exact) mass is 384 g/mol. The van der Waals surface area contributed by atoms with Crippen molar-refractivity contribution in [2.24, 2.45) is 0 Å². The van der Waals surface area contributed by atoms with Gasteiger partial charge in [-0.1, -0.05) is 60.7 Å². The Balaban J connectivity index is 1.87. The summed E-state index contributed by atoms with van der Waals surface area (Å²) in [6.07, 6.45) is 0.646. The summed E-state index contributed by atoms with van der Waals surface area (Å²) in [5.41, 5.74) is 18.1. The van der Waals surface area contributed by atoms with Crippen LogP contribution in [0.2, 0.25) is 0 Å². The number of nitrogen functional groups attached to an aromatic ring is 2. The van der Waals surface area contributed by atoms with Crippen LogP contribution < -0.4 is 11.5 Å². The standard InChI is InChI=1S/C25H18F2N2/c26-24-18(7-3-9-21(24)28)17-12-11-16-15-6-2-1-5-14(15)13-20(16)23(17)19-8-4-10-22(29)25(19)27/h1-12H,13,28-29H2. The highest BCUT2D eigenvalue weighted by atomic mass is 19.1. The molecule has 0 radical (unpaired) electrons. The maximum absolute atomic E-state index is 15.1. The average molecular weight is 384 g/mol. The summed E-state index contributed by atoms with van der Waals surface area (Å²) in [5, 5.41) is 0. The molecule has 4 N–H and O–H groups in total. The van der Waals surface area contributed by atoms with Gasteiger partial charge in [0.25, 0.3) is 0 Å². The molecule has 142 valence electrons. The molecule has 29 heavy (non-hydrogen) atoms. The van der Waals surface area contributed by atoms with Crippen molar-refractivity contribution < 1.29 is 8.78 Å². The maximum atomic E-state index is 15.1. The molecule has 0 atom stereocenters. The Morgan fingerprint density at radius 3 is 1.90 bits per heavy atom. The minimum atomic E-state index is -0.506. The summed E-state index contributed by atoms with van der Waals surface area (Å²) < 4.78 is 30.1. The molecule has 0 amide bonds. The number of hydrogen-bond donors (Lipinski definition) is 2. The first kappa shape index (κ1) is 17.4. The quantitative estimate of drug-likeness (QED) is 0.365. The number of halogens is 2. The first-order chi connectivity index (χ1) is 14.1. The van der Waals surface area contributed by atoms with Gasteiger partial charge in [-0.2, -0.15) is 0 Å². The second kappa shape index (κ2) is 6.45. The van der Waals surface area contributed by atoms with Crippen molar-refractivity contribution in [2.75, 3.05) is 11.5 Å². The van der Waals surface area contributed by atoms with Crippen molar-refractivity contribution in [1.82, 2.24) is 0 Å². The molecule has 5 rings (SSSR count). The molecule has 0 bridgehead atoms. The predicted molar refractivity (Wildman–Crippen MR) is 114 cm³/mol. The van der Waals surface area contributed by atoms with E-state index >= 15 is 4.39 Å². The molecule has 1 aliphatic rings. The number of rotatable bonds is 2. The van der Waals surface area contributed by atoms with Gasteiger partial charge in [-0.05, 0) is 51.9 Å². The summed E-state index contributed by atoms with van der Waals surface area (Å²) >= 11 is 0. The van der Waals surface area contributed by atoms with Crippen LogP contribution >= 0.6 is 0 Å². The Kier molecular flexibility index (Phi) is 3.88. The summed E-state index contributed by atoms with van der Waals surface area (Å²) in [5.74, 6) is -1.00. The molecule has 4 aromatic carbocycles. The fourth-order valence-electron chi connectivity index (χ4n) is 4.24. The molecule has 2 nitrogen and oxygen atoms in total. The van der Waals surface area contributed by atoms with Gasteiger partial charge in [-0.25, -0.2) is 8.78 Å². The van der Waals surface area contributed by atoms with Gasteiger partial charge in [0, 0.05) is 11.1 Å². The normalized spacial score (nSPS) is 11.9. The highest BCUT2D eigenvalue weighted by Gasteiger charge is 2.26. The van der Waals surface area contributed by atoms with Crippen LogP contribution in [0.25, 0.3) is 33.4 Å². The van der Waals surface area contributed by atoms with Crippen LogP contribution in [0.5, 0.6) is 0 Å². The lowest BCUT2D eigenvalue weighted by Crippen LogP contribution is -2.00. The Morgan fingerprint density at radius 2 is 1.14 bits per heavy atom. The van der Waals surface area contributed by atoms with Gasteiger partial charge in [-0.3, -0.25) is 0 Å². The van der Waals surface area contributed by atoms with E-state index in [-0.39, 0.29) is 11.4 Å². The van der Waals surface area contributed by atoms with E-state index in [9.17, 15) is 4.39 Å². The molecule has 0 aromatic heterocycles. The first-order valence-electron chi connectivity index (χ1n) is 9.39. The Labute approximate surface area is 167 Å². The zero-order valence-corrected chi connectivity index (χ0v) is 15.5. The molecule has 0 saturated heterocycles. The Morgan fingerprint density at radius 1 is 0.552 bits per heavy atom. The molecular formula is C25H18F2N2. The zero-order chi connectivity index (χ0) is 20.1. The molecule has 0 unspecified atom stereocenters. The lowest BCUT2D eigenvalue weighted by Gasteiger charge is -2.18. The molecule has 0 fully saturated rings. The van der Waals surface area contributed by atoms with E-state index in [2.05, 4.69) is 12.1 Å². The Bertz CT molecular complexity index is 1280. The fraction of sp³-hybridized carbons (Fsp3) is 0.0400. The van der Waals surface area contributed by atoms with Crippen molar-refractivity contribution in [2.45, 2.75) is 6.42 Å². The highest BCUT2D eigenvalue weighted by molar-refractivity contribution is 5.94. The number of benzene rings is 4. The number of hydrogen-bond acceptors (Lipinski definition) is 2. The largest absolute Gasteiger partial charge is 0.396 e. The number of nitrogens with two attached hydrogens (primary N) is 2. The second-order valence-electron chi connectivity index (χ2n) is 7.27. The number of fused-ring (bicyclic) bond motifs is 3. The highest BCUT2D eigenvalue weighted by Crippen LogP contribution is 2.47. The maximum Gasteiger partial charge on any atom is 0.153 e. The van der Waals surface area contributed by atoms with Crippen LogP contribution in [0.3, 0.4) is 0 Å². The van der Waals surface area contributed by atoms with Crippen molar-refractivity contribution >= 4 is 11.4 Å². The van der Waals surface area contributed by atoms with Crippen molar-refractivity contribution in [3.05, 3.63) is 95.6 Å². The third kappa shape index (κ3) is 2.60. The minimum Gasteiger partial charge on any atom is -0.396 e. The summed E-state index contributed by atoms with van der Waals surface area (Å²) in [4.78, 5) is 0. The minimum absolute atomic E-state index is 0.0604. The van der Waals surface area contributed by atoms with Crippen molar-refractivity contribution in [1.29, 1.82) is 0 Å². The molecule has 0 heterocycles. The van der Waals surface area contributed by atoms with E-state index in [4.69, 9.17) is 11.5 Å². The van der Waals surface area contributed by atoms with Gasteiger partial charge >= 0.3 is 0 Å². The van der Waals surface area contributed by atoms with Gasteiger partial charge in [0.15, 0.2) is 11.6 Å². The molecule has 0 spiro atoms. The van der Waals surface area contributed by atoms with Crippen LogP contribution in [0, 0.1) is 11.6 Å². The zero-order valence-electron chi connectivity index (χ0n) is 15.5. The third-order valence-corrected chi connectivity index (χ3v) is 5.60. The molecule has 4 aromatic rings. The van der Waals surface area contributed by atoms with Gasteiger partial charge in [0.1, 0.15) is 0 Å². The molecule has 0 aliphatic heterocycles. The molecule has 1 aliphatic carbocycles. The van der Waals surface area contributed by atoms with E-state index in [1.165, 1.54) is 17.7 Å². The van der Waals surface area contributed by atoms with E-state index in [0.29, 0.717) is 28.7 Å². The molecular weight excluding hydrogens is 366 g/mol. The topological polar surface area (TPSA) is 52.0 Å². The van der Waals surface area contributed by atoms with Crippen LogP contribution in [0.4, 0.5) is 20.2 Å². The van der Waals surface area contributed by atoms with Gasteiger partial charge < -0.3 is 11.5 Å². The molecule has 4 heteroatoms. The lowest BCUT2D eigenvalue weighted by atomic mass is 9.87. The van der Waals surface area contributed by atoms with Crippen LogP contribution in [-0.2, 0) is 6.42 Å². The SMILES string of the molecule is Nc1cccc(-c2ccc3c(c2-c2cccc(N)c2F)Cc2ccccc2-3)c1F. The van der Waals surface area contributed by atoms with Gasteiger partial charge in [0.05, 0.1) is 11.4 Å². The van der Waals surface area contributed by atoms with Crippen LogP contribution in [-0.4, -0.2) is 0 Å². The number of anilines is 2. The van der Waals surface area contributed by atoms with Gasteiger partial charge in [-0.15, -0.1) is 0 Å². The summed E-state index contributed by atoms with van der Waals surface area (Å²) in [7, 11) is 0. The van der Waals surface area contributed by atoms with Crippen molar-refractivity contribution in [3.8, 4) is 33.4 Å². The van der Waals surface area contributed by atoms with E-state index in [1.807, 2.05) is 24.3 Å². The van der Waals surface area contributed by atoms with E-state index in [0.717, 1.165) is 16.7 Å². The third-order valence-electron chi connectivity index (χ3n) is 5.60. The first-order valence-corrected chi connectivity index (χ1v) is 9.39. The fourth-order valence-corrected chi connectivity index (χ4v) is 4.24. The lowest BCUT2D eigenvalue weighted by molar-refractivity contribution is 0.634. The average Bonchev–Trinajstić information content (AvgIpc) is 3.10. The van der Waals surface area contributed by atoms with Crippen molar-refractivity contribution in [3.63, 3.8) is 0 Å². The summed E-state index contributed by atoms with van der Waals surface area (Å²) in [6, 6.07) is 21.7. The molecule has 0 saturated carbocycles. The van der Waals surface area contributed by atoms with Crippen LogP contribution in [0.15, 0.2) is 72.8 Å². The second-order valence-corrected chi connectivity index (χ2v) is 7.27. The van der Waals surface area contributed by atoms with Gasteiger partial charge in [0.2, 0.25) is 0 Å². The van der Waals surface area contributed by atoms with Crippen LogP contribution in [0.1, 0.15) is 11.1 Å². The Hall–Kier alpha value is -3.66. The van der Waals surface area contributed by atoms with E-state index in [1.54, 1.807) is 24.3 Å². The predicted octanol–water partition coefficient (Wildman–Crippen LogP) is 6.03. The smallest absolute Gasteiger partial charge is 0.153 e.